The molecule has 15 heavy (non-hydrogen) atoms. The molecule has 0 atom stereocenters. The van der Waals surface area contributed by atoms with E-state index >= 15 is 0 Å². The van der Waals surface area contributed by atoms with Crippen molar-refractivity contribution >= 4 is 5.69 Å². The molecule has 0 unspecified atom stereocenters. The number of aryl methyl sites for hydroxylation is 2. The van der Waals surface area contributed by atoms with Crippen molar-refractivity contribution in [3.63, 3.8) is 0 Å². The number of nitrogens with zero attached hydrogens (tertiary/aromatic N) is 2. The van der Waals surface area contributed by atoms with Gasteiger partial charge in [-0.3, -0.25) is 0 Å². The van der Waals surface area contributed by atoms with Gasteiger partial charge in [0.15, 0.2) is 0 Å². The molecule has 2 N–H and O–H groups in total. The first-order chi connectivity index (χ1) is 7.20. The van der Waals surface area contributed by atoms with Crippen LogP contribution in [0.15, 0.2) is 0 Å². The lowest BCUT2D eigenvalue weighted by Gasteiger charge is -2.08. The Hall–Kier alpha value is -1.23. The number of methoxy groups -OCH3 is 1. The van der Waals surface area contributed by atoms with Gasteiger partial charge >= 0.3 is 0 Å². The van der Waals surface area contributed by atoms with Crippen molar-refractivity contribution < 1.29 is 9.47 Å². The number of hydrogen-bond donors (Lipinski definition) is 1. The van der Waals surface area contributed by atoms with Crippen molar-refractivity contribution in [2.75, 3.05) is 26.1 Å². The number of nitrogens with two attached hydrogens (primary N) is 1. The minimum Gasteiger partial charge on any atom is -0.474 e. The van der Waals surface area contributed by atoms with Crippen molar-refractivity contribution in [3.05, 3.63) is 5.69 Å². The van der Waals surface area contributed by atoms with E-state index < -0.39 is 0 Å². The van der Waals surface area contributed by atoms with E-state index in [9.17, 15) is 0 Å². The van der Waals surface area contributed by atoms with Crippen LogP contribution in [0.3, 0.4) is 0 Å². The van der Waals surface area contributed by atoms with Gasteiger partial charge in [0.2, 0.25) is 5.88 Å². The van der Waals surface area contributed by atoms with Crippen LogP contribution in [0, 0.1) is 6.92 Å². The van der Waals surface area contributed by atoms with Gasteiger partial charge in [0.05, 0.1) is 12.3 Å². The molecule has 0 aromatic carbocycles. The number of anilines is 1. The molecule has 1 aromatic heterocycles. The topological polar surface area (TPSA) is 62.3 Å². The fourth-order valence-corrected chi connectivity index (χ4v) is 1.31. The number of aromatic nitrogens is 2. The molecule has 1 aromatic rings. The van der Waals surface area contributed by atoms with E-state index in [1.54, 1.807) is 11.8 Å². The summed E-state index contributed by atoms with van der Waals surface area (Å²) in [6.07, 6.45) is 1.00. The fraction of sp³-hybridized carbons (Fsp3) is 0.700. The molecule has 86 valence electrons. The van der Waals surface area contributed by atoms with Gasteiger partial charge in [0.1, 0.15) is 12.3 Å². The first-order valence-electron chi connectivity index (χ1n) is 5.15. The average Bonchev–Trinajstić information content (AvgIpc) is 2.47. The smallest absolute Gasteiger partial charge is 0.236 e. The summed E-state index contributed by atoms with van der Waals surface area (Å²) in [4.78, 5) is 0. The maximum atomic E-state index is 5.87. The van der Waals surface area contributed by atoms with Gasteiger partial charge in [-0.25, -0.2) is 4.68 Å². The Labute approximate surface area is 90.2 Å². The van der Waals surface area contributed by atoms with Crippen LogP contribution in [0.1, 0.15) is 19.0 Å². The second kappa shape index (κ2) is 5.60. The van der Waals surface area contributed by atoms with Crippen LogP contribution < -0.4 is 10.5 Å². The predicted molar refractivity (Wildman–Crippen MR) is 59.0 cm³/mol. The SMILES string of the molecule is CCCn1nc(C)c(N)c1OCCOC. The Bertz CT molecular complexity index is 310. The monoisotopic (exact) mass is 213 g/mol. The molecule has 0 aliphatic rings. The summed E-state index contributed by atoms with van der Waals surface area (Å²) in [7, 11) is 1.64. The lowest BCUT2D eigenvalue weighted by atomic mass is 10.4. The van der Waals surface area contributed by atoms with Crippen molar-refractivity contribution in [1.29, 1.82) is 0 Å². The Kier molecular flexibility index (Phi) is 4.42. The van der Waals surface area contributed by atoms with Gasteiger partial charge in [-0.2, -0.15) is 5.10 Å². The van der Waals surface area contributed by atoms with Crippen molar-refractivity contribution in [2.45, 2.75) is 26.8 Å². The zero-order valence-electron chi connectivity index (χ0n) is 9.62. The lowest BCUT2D eigenvalue weighted by Crippen LogP contribution is -2.10. The van der Waals surface area contributed by atoms with Gasteiger partial charge in [-0.1, -0.05) is 6.92 Å². The van der Waals surface area contributed by atoms with Gasteiger partial charge in [0.25, 0.3) is 0 Å². The van der Waals surface area contributed by atoms with Crippen molar-refractivity contribution in [2.24, 2.45) is 0 Å². The quantitative estimate of drug-likeness (QED) is 0.721. The number of hydrogen-bond acceptors (Lipinski definition) is 4. The van der Waals surface area contributed by atoms with Gasteiger partial charge in [-0.05, 0) is 13.3 Å². The number of ether oxygens (including phenoxy) is 2. The molecule has 0 fully saturated rings. The average molecular weight is 213 g/mol. The normalized spacial score (nSPS) is 10.6. The summed E-state index contributed by atoms with van der Waals surface area (Å²) >= 11 is 0. The third-order valence-corrected chi connectivity index (χ3v) is 2.09. The van der Waals surface area contributed by atoms with Crippen LogP contribution in [-0.2, 0) is 11.3 Å². The summed E-state index contributed by atoms with van der Waals surface area (Å²) in [6.45, 7) is 5.84. The van der Waals surface area contributed by atoms with E-state index in [0.29, 0.717) is 24.8 Å². The highest BCUT2D eigenvalue weighted by Gasteiger charge is 2.12. The molecule has 5 heteroatoms. The highest BCUT2D eigenvalue weighted by atomic mass is 16.5. The van der Waals surface area contributed by atoms with Crippen LogP contribution in [0.2, 0.25) is 0 Å². The Morgan fingerprint density at radius 1 is 1.40 bits per heavy atom. The second-order valence-corrected chi connectivity index (χ2v) is 3.37. The molecule has 0 bridgehead atoms. The maximum Gasteiger partial charge on any atom is 0.236 e. The van der Waals surface area contributed by atoms with Crippen LogP contribution >= 0.6 is 0 Å². The minimum atomic E-state index is 0.496. The summed E-state index contributed by atoms with van der Waals surface area (Å²) in [6, 6.07) is 0. The number of nitrogen functional groups attached to an aromatic ring is 1. The molecule has 0 spiro atoms. The third-order valence-electron chi connectivity index (χ3n) is 2.09. The fourth-order valence-electron chi connectivity index (χ4n) is 1.31. The molecule has 0 saturated carbocycles. The van der Waals surface area contributed by atoms with Gasteiger partial charge in [0, 0.05) is 13.7 Å². The third kappa shape index (κ3) is 2.86. The first kappa shape index (κ1) is 11.8. The van der Waals surface area contributed by atoms with Crippen LogP contribution in [0.4, 0.5) is 5.69 Å². The predicted octanol–water partition coefficient (Wildman–Crippen LogP) is 1.21. The lowest BCUT2D eigenvalue weighted by molar-refractivity contribution is 0.140. The minimum absolute atomic E-state index is 0.496. The van der Waals surface area contributed by atoms with Crippen LogP contribution in [-0.4, -0.2) is 30.1 Å². The molecule has 0 saturated heterocycles. The molecule has 0 aliphatic carbocycles. The first-order valence-corrected chi connectivity index (χ1v) is 5.15. The molecule has 0 aliphatic heterocycles. The number of rotatable bonds is 6. The molecule has 1 heterocycles. The van der Waals surface area contributed by atoms with Crippen LogP contribution in [0.5, 0.6) is 5.88 Å². The molecule has 0 amide bonds. The molecule has 1 rings (SSSR count). The van der Waals surface area contributed by atoms with Crippen LogP contribution in [0.25, 0.3) is 0 Å². The van der Waals surface area contributed by atoms with E-state index in [1.165, 1.54) is 0 Å². The van der Waals surface area contributed by atoms with E-state index in [4.69, 9.17) is 15.2 Å². The van der Waals surface area contributed by atoms with E-state index in [0.717, 1.165) is 18.7 Å². The Morgan fingerprint density at radius 2 is 2.13 bits per heavy atom. The van der Waals surface area contributed by atoms with Gasteiger partial charge in [-0.15, -0.1) is 0 Å². The maximum absolute atomic E-state index is 5.87. The summed E-state index contributed by atoms with van der Waals surface area (Å²) < 4.78 is 12.3. The second-order valence-electron chi connectivity index (χ2n) is 3.37. The summed E-state index contributed by atoms with van der Waals surface area (Å²) in [5.74, 6) is 0.659. The van der Waals surface area contributed by atoms with E-state index in [2.05, 4.69) is 12.0 Å². The Balaban J connectivity index is 2.73. The molecular formula is C10H19N3O2. The molecule has 5 nitrogen and oxygen atoms in total. The summed E-state index contributed by atoms with van der Waals surface area (Å²) in [5.41, 5.74) is 7.31. The zero-order valence-corrected chi connectivity index (χ0v) is 9.62. The van der Waals surface area contributed by atoms with Crippen molar-refractivity contribution in [1.82, 2.24) is 9.78 Å². The highest BCUT2D eigenvalue weighted by Crippen LogP contribution is 2.24. The van der Waals surface area contributed by atoms with Crippen molar-refractivity contribution in [3.8, 4) is 5.88 Å². The largest absolute Gasteiger partial charge is 0.474 e. The highest BCUT2D eigenvalue weighted by molar-refractivity contribution is 5.52. The molecular weight excluding hydrogens is 194 g/mol. The van der Waals surface area contributed by atoms with E-state index in [1.807, 2.05) is 6.92 Å². The summed E-state index contributed by atoms with van der Waals surface area (Å²) in [5, 5.41) is 4.30. The van der Waals surface area contributed by atoms with Gasteiger partial charge < -0.3 is 15.2 Å². The standard InChI is InChI=1S/C10H19N3O2/c1-4-5-13-10(15-7-6-14-3)9(11)8(2)12-13/h4-7,11H2,1-3H3. The van der Waals surface area contributed by atoms with E-state index in [-0.39, 0.29) is 0 Å². The molecule has 0 radical (unpaired) electrons. The Morgan fingerprint density at radius 3 is 2.73 bits per heavy atom. The zero-order chi connectivity index (χ0) is 11.3.